The summed E-state index contributed by atoms with van der Waals surface area (Å²) >= 11 is 2.97. The summed E-state index contributed by atoms with van der Waals surface area (Å²) in [6, 6.07) is 7.52. The lowest BCUT2D eigenvalue weighted by Gasteiger charge is -2.17. The van der Waals surface area contributed by atoms with Gasteiger partial charge in [-0.25, -0.2) is 8.42 Å². The molecule has 0 aliphatic carbocycles. The number of aryl methyl sites for hydroxylation is 1. The number of benzene rings is 1. The summed E-state index contributed by atoms with van der Waals surface area (Å²) in [6.07, 6.45) is 0.954. The molecule has 0 saturated heterocycles. The molecule has 0 bridgehead atoms. The zero-order chi connectivity index (χ0) is 11.5. The van der Waals surface area contributed by atoms with Crippen molar-refractivity contribution < 1.29 is 8.42 Å². The molecular weight excluding hydrogens is 278 g/mol. The van der Waals surface area contributed by atoms with Crippen molar-refractivity contribution in [1.29, 1.82) is 0 Å². The maximum atomic E-state index is 11.5. The van der Waals surface area contributed by atoms with E-state index in [1.54, 1.807) is 7.05 Å². The monoisotopic (exact) mass is 291 g/mol. The van der Waals surface area contributed by atoms with E-state index >= 15 is 0 Å². The number of halogens is 1. The van der Waals surface area contributed by atoms with Gasteiger partial charge in [0, 0.05) is 7.05 Å². The van der Waals surface area contributed by atoms with Gasteiger partial charge >= 0.3 is 0 Å². The van der Waals surface area contributed by atoms with Gasteiger partial charge in [0.25, 0.3) is 0 Å². The lowest BCUT2D eigenvalue weighted by atomic mass is 10.1. The van der Waals surface area contributed by atoms with Crippen molar-refractivity contribution in [3.05, 3.63) is 29.8 Å². The highest BCUT2D eigenvalue weighted by atomic mass is 79.9. The Morgan fingerprint density at radius 2 is 1.80 bits per heavy atom. The fourth-order valence-corrected chi connectivity index (χ4v) is 2.69. The second-order valence-corrected chi connectivity index (χ2v) is 6.51. The number of sulfonamides is 1. The highest BCUT2D eigenvalue weighted by Gasteiger charge is 2.15. The number of hydrogen-bond acceptors (Lipinski definition) is 2. The standard InChI is InChI=1S/C10H14BrNO2S/c1-3-9-4-6-10(7-5-9)12(2)15(13,14)8-11/h4-7H,3,8H2,1-2H3. The third kappa shape index (κ3) is 2.95. The summed E-state index contributed by atoms with van der Waals surface area (Å²) in [6.45, 7) is 2.06. The van der Waals surface area contributed by atoms with Crippen LogP contribution in [0.25, 0.3) is 0 Å². The van der Waals surface area contributed by atoms with Crippen LogP contribution in [-0.2, 0) is 16.4 Å². The molecule has 0 aliphatic heterocycles. The molecule has 0 aliphatic rings. The van der Waals surface area contributed by atoms with E-state index in [4.69, 9.17) is 0 Å². The third-order valence-corrected chi connectivity index (χ3v) is 5.32. The molecule has 0 radical (unpaired) electrons. The molecule has 1 aromatic rings. The van der Waals surface area contributed by atoms with E-state index in [0.717, 1.165) is 6.42 Å². The van der Waals surface area contributed by atoms with Gasteiger partial charge in [0.05, 0.1) is 5.69 Å². The van der Waals surface area contributed by atoms with Crippen molar-refractivity contribution in [2.75, 3.05) is 16.0 Å². The molecule has 0 heterocycles. The van der Waals surface area contributed by atoms with Gasteiger partial charge in [-0.2, -0.15) is 0 Å². The van der Waals surface area contributed by atoms with Gasteiger partial charge in [0.1, 0.15) is 4.66 Å². The van der Waals surface area contributed by atoms with E-state index in [-0.39, 0.29) is 4.66 Å². The molecule has 0 aromatic heterocycles. The van der Waals surface area contributed by atoms with Crippen molar-refractivity contribution in [2.24, 2.45) is 0 Å². The van der Waals surface area contributed by atoms with Gasteiger partial charge in [0.2, 0.25) is 10.0 Å². The predicted molar refractivity (Wildman–Crippen MR) is 66.9 cm³/mol. The molecule has 0 spiro atoms. The third-order valence-electron chi connectivity index (χ3n) is 2.26. The Morgan fingerprint density at radius 1 is 1.27 bits per heavy atom. The van der Waals surface area contributed by atoms with Gasteiger partial charge in [0.15, 0.2) is 0 Å². The van der Waals surface area contributed by atoms with Crippen LogP contribution in [-0.4, -0.2) is 20.1 Å². The molecule has 0 atom stereocenters. The molecule has 0 unspecified atom stereocenters. The van der Waals surface area contributed by atoms with Crippen LogP contribution in [0.2, 0.25) is 0 Å². The van der Waals surface area contributed by atoms with Crippen LogP contribution in [0.3, 0.4) is 0 Å². The van der Waals surface area contributed by atoms with Crippen molar-refractivity contribution >= 4 is 31.6 Å². The zero-order valence-corrected chi connectivity index (χ0v) is 11.2. The van der Waals surface area contributed by atoms with Crippen LogP contribution in [0.4, 0.5) is 5.69 Å². The van der Waals surface area contributed by atoms with Gasteiger partial charge in [-0.15, -0.1) is 0 Å². The molecule has 5 heteroatoms. The maximum Gasteiger partial charge on any atom is 0.244 e. The maximum absolute atomic E-state index is 11.5. The van der Waals surface area contributed by atoms with E-state index in [1.807, 2.05) is 24.3 Å². The van der Waals surface area contributed by atoms with Gasteiger partial charge in [-0.05, 0) is 24.1 Å². The minimum atomic E-state index is -3.22. The Bertz CT molecular complexity index is 414. The Labute approximate surface area is 99.3 Å². The number of rotatable bonds is 4. The van der Waals surface area contributed by atoms with Crippen LogP contribution in [0.15, 0.2) is 24.3 Å². The molecule has 15 heavy (non-hydrogen) atoms. The molecule has 0 saturated carbocycles. The quantitative estimate of drug-likeness (QED) is 0.799. The first-order valence-corrected chi connectivity index (χ1v) is 7.36. The smallest absolute Gasteiger partial charge is 0.244 e. The molecular formula is C10H14BrNO2S. The SMILES string of the molecule is CCc1ccc(N(C)S(=O)(=O)CBr)cc1. The number of nitrogens with zero attached hydrogens (tertiary/aromatic N) is 1. The summed E-state index contributed by atoms with van der Waals surface area (Å²) in [7, 11) is -1.67. The number of alkyl halides is 1. The Morgan fingerprint density at radius 3 is 2.20 bits per heavy atom. The van der Waals surface area contributed by atoms with E-state index in [1.165, 1.54) is 9.87 Å². The molecule has 3 nitrogen and oxygen atoms in total. The molecule has 0 amide bonds. The van der Waals surface area contributed by atoms with E-state index in [2.05, 4.69) is 22.9 Å². The van der Waals surface area contributed by atoms with Crippen LogP contribution in [0, 0.1) is 0 Å². The van der Waals surface area contributed by atoms with Gasteiger partial charge in [-0.3, -0.25) is 4.31 Å². The first-order valence-electron chi connectivity index (χ1n) is 4.62. The summed E-state index contributed by atoms with van der Waals surface area (Å²) in [5.74, 6) is 0. The van der Waals surface area contributed by atoms with Crippen molar-refractivity contribution in [3.8, 4) is 0 Å². The van der Waals surface area contributed by atoms with Crippen LogP contribution < -0.4 is 4.31 Å². The average molecular weight is 292 g/mol. The first kappa shape index (κ1) is 12.5. The predicted octanol–water partition coefficient (Wildman–Crippen LogP) is 2.37. The van der Waals surface area contributed by atoms with Crippen molar-refractivity contribution in [3.63, 3.8) is 0 Å². The molecule has 0 N–H and O–H groups in total. The summed E-state index contributed by atoms with van der Waals surface area (Å²) in [4.78, 5) is 0. The van der Waals surface area contributed by atoms with Crippen molar-refractivity contribution in [2.45, 2.75) is 13.3 Å². The second kappa shape index (κ2) is 4.99. The van der Waals surface area contributed by atoms with Crippen molar-refractivity contribution in [1.82, 2.24) is 0 Å². The van der Waals surface area contributed by atoms with E-state index in [0.29, 0.717) is 5.69 Å². The summed E-state index contributed by atoms with van der Waals surface area (Å²) < 4.78 is 24.3. The lowest BCUT2D eigenvalue weighted by Crippen LogP contribution is -2.26. The number of anilines is 1. The molecule has 84 valence electrons. The first-order chi connectivity index (χ1) is 7.01. The molecule has 0 fully saturated rings. The van der Waals surface area contributed by atoms with E-state index in [9.17, 15) is 8.42 Å². The average Bonchev–Trinajstić information content (AvgIpc) is 2.28. The fraction of sp³-hybridized carbons (Fsp3) is 0.400. The van der Waals surface area contributed by atoms with Gasteiger partial charge in [-0.1, -0.05) is 35.0 Å². The summed E-state index contributed by atoms with van der Waals surface area (Å²) in [5.41, 5.74) is 1.88. The Balaban J connectivity index is 2.97. The van der Waals surface area contributed by atoms with Crippen LogP contribution in [0.1, 0.15) is 12.5 Å². The highest BCUT2D eigenvalue weighted by molar-refractivity contribution is 9.10. The second-order valence-electron chi connectivity index (χ2n) is 3.21. The Hall–Kier alpha value is -0.550. The van der Waals surface area contributed by atoms with Crippen LogP contribution >= 0.6 is 15.9 Å². The zero-order valence-electron chi connectivity index (χ0n) is 8.77. The highest BCUT2D eigenvalue weighted by Crippen LogP contribution is 2.18. The lowest BCUT2D eigenvalue weighted by molar-refractivity contribution is 0.599. The minimum Gasteiger partial charge on any atom is -0.273 e. The largest absolute Gasteiger partial charge is 0.273 e. The fourth-order valence-electron chi connectivity index (χ4n) is 1.18. The number of hydrogen-bond donors (Lipinski definition) is 0. The minimum absolute atomic E-state index is 0.0635. The molecule has 1 aromatic carbocycles. The van der Waals surface area contributed by atoms with E-state index < -0.39 is 10.0 Å². The normalized spacial score (nSPS) is 11.4. The topological polar surface area (TPSA) is 37.4 Å². The molecule has 1 rings (SSSR count). The Kier molecular flexibility index (Phi) is 4.16. The summed E-state index contributed by atoms with van der Waals surface area (Å²) in [5, 5.41) is 0. The van der Waals surface area contributed by atoms with Gasteiger partial charge < -0.3 is 0 Å². The van der Waals surface area contributed by atoms with Crippen LogP contribution in [0.5, 0.6) is 0 Å².